The Bertz CT molecular complexity index is 1640. The van der Waals surface area contributed by atoms with Crippen LogP contribution in [0.1, 0.15) is 73.6 Å². The fourth-order valence-corrected chi connectivity index (χ4v) is 7.86. The summed E-state index contributed by atoms with van der Waals surface area (Å²) in [6.45, 7) is 0.759. The molecule has 1 saturated carbocycles. The lowest BCUT2D eigenvalue weighted by molar-refractivity contribution is -0.147. The second kappa shape index (κ2) is 16.8. The highest BCUT2D eigenvalue weighted by Crippen LogP contribution is 2.34. The molecule has 3 aliphatic rings. The second-order valence-corrected chi connectivity index (χ2v) is 13.9. The standard InChI is InChI=1S/C41H49N3O6/c1-49-39(46)27-35-25-32-18-8-9-20-34(32)28-43(35)38(45)29-42(23-22-31-15-6-3-7-16-31)40(47)37-26-33-19-10-11-21-36(33)44(37)41(48)50-24-12-17-30-13-4-2-5-14-30/h3,6-11,15-16,18-21,30,35,37H,2,4-5,12-14,17,22-29H2,1H3/t35-,37-/m1/s1. The number of ether oxygens (including phenoxy) is 2. The van der Waals surface area contributed by atoms with Crippen LogP contribution >= 0.6 is 0 Å². The van der Waals surface area contributed by atoms with Crippen LogP contribution in [0.25, 0.3) is 0 Å². The summed E-state index contributed by atoms with van der Waals surface area (Å²) < 4.78 is 10.8. The van der Waals surface area contributed by atoms with E-state index in [-0.39, 0.29) is 37.3 Å². The topological polar surface area (TPSA) is 96.5 Å². The first-order valence-electron chi connectivity index (χ1n) is 18.2. The van der Waals surface area contributed by atoms with Crippen LogP contribution < -0.4 is 4.90 Å². The number of fused-ring (bicyclic) bond motifs is 2. The molecule has 0 N–H and O–H groups in total. The van der Waals surface area contributed by atoms with Crippen molar-refractivity contribution in [3.8, 4) is 0 Å². The largest absolute Gasteiger partial charge is 0.469 e. The van der Waals surface area contributed by atoms with Crippen LogP contribution in [0.4, 0.5) is 10.5 Å². The Balaban J connectivity index is 1.21. The zero-order valence-corrected chi connectivity index (χ0v) is 29.1. The highest BCUT2D eigenvalue weighted by molar-refractivity contribution is 6.01. The summed E-state index contributed by atoms with van der Waals surface area (Å²) in [6.07, 6.45) is 9.12. The SMILES string of the molecule is COC(=O)C[C@H]1Cc2ccccc2CN1C(=O)CN(CCc1ccccc1)C(=O)[C@H]1Cc2ccccc2N1C(=O)OCCCC1CCCCC1. The third-order valence-electron chi connectivity index (χ3n) is 10.6. The monoisotopic (exact) mass is 679 g/mol. The van der Waals surface area contributed by atoms with Crippen molar-refractivity contribution in [1.29, 1.82) is 0 Å². The average Bonchev–Trinajstić information content (AvgIpc) is 3.55. The third-order valence-corrected chi connectivity index (χ3v) is 10.6. The molecule has 0 radical (unpaired) electrons. The molecular weight excluding hydrogens is 630 g/mol. The number of methoxy groups -OCH3 is 1. The van der Waals surface area contributed by atoms with Crippen molar-refractivity contribution in [2.24, 2.45) is 5.92 Å². The van der Waals surface area contributed by atoms with E-state index in [0.717, 1.165) is 35.1 Å². The lowest BCUT2D eigenvalue weighted by atomic mass is 9.86. The van der Waals surface area contributed by atoms with Gasteiger partial charge in [0.2, 0.25) is 11.8 Å². The van der Waals surface area contributed by atoms with Crippen LogP contribution in [0, 0.1) is 5.92 Å². The summed E-state index contributed by atoms with van der Waals surface area (Å²) in [5, 5.41) is 0. The number of carbonyl (C=O) groups is 4. The van der Waals surface area contributed by atoms with Crippen molar-refractivity contribution in [3.63, 3.8) is 0 Å². The minimum Gasteiger partial charge on any atom is -0.469 e. The van der Waals surface area contributed by atoms with E-state index >= 15 is 0 Å². The molecule has 2 aliphatic heterocycles. The van der Waals surface area contributed by atoms with Crippen molar-refractivity contribution in [2.75, 3.05) is 31.7 Å². The van der Waals surface area contributed by atoms with Gasteiger partial charge in [-0.15, -0.1) is 0 Å². The average molecular weight is 680 g/mol. The molecular formula is C41H49N3O6. The number of anilines is 1. The fourth-order valence-electron chi connectivity index (χ4n) is 7.86. The van der Waals surface area contributed by atoms with Gasteiger partial charge >= 0.3 is 12.1 Å². The number of carbonyl (C=O) groups excluding carboxylic acids is 4. The molecule has 50 heavy (non-hydrogen) atoms. The van der Waals surface area contributed by atoms with E-state index in [9.17, 15) is 19.2 Å². The van der Waals surface area contributed by atoms with Crippen molar-refractivity contribution in [2.45, 2.75) is 89.3 Å². The Morgan fingerprint density at radius 3 is 2.28 bits per heavy atom. The van der Waals surface area contributed by atoms with E-state index in [1.165, 1.54) is 44.1 Å². The molecule has 6 rings (SSSR count). The minimum atomic E-state index is -0.838. The first kappa shape index (κ1) is 35.2. The highest BCUT2D eigenvalue weighted by atomic mass is 16.6. The van der Waals surface area contributed by atoms with Crippen molar-refractivity contribution in [1.82, 2.24) is 9.80 Å². The van der Waals surface area contributed by atoms with E-state index in [1.807, 2.05) is 78.9 Å². The van der Waals surface area contributed by atoms with Gasteiger partial charge in [-0.25, -0.2) is 4.79 Å². The summed E-state index contributed by atoms with van der Waals surface area (Å²) in [7, 11) is 1.35. The van der Waals surface area contributed by atoms with Gasteiger partial charge in [-0.3, -0.25) is 19.3 Å². The molecule has 0 bridgehead atoms. The summed E-state index contributed by atoms with van der Waals surface area (Å²) in [6, 6.07) is 24.1. The molecule has 3 aromatic carbocycles. The van der Waals surface area contributed by atoms with E-state index in [1.54, 1.807) is 9.80 Å². The van der Waals surface area contributed by atoms with Crippen LogP contribution in [0.5, 0.6) is 0 Å². The summed E-state index contributed by atoms with van der Waals surface area (Å²) >= 11 is 0. The first-order valence-corrected chi connectivity index (χ1v) is 18.2. The van der Waals surface area contributed by atoms with Gasteiger partial charge in [0.25, 0.3) is 0 Å². The molecule has 2 atom stereocenters. The molecule has 3 amide bonds. The van der Waals surface area contributed by atoms with Crippen molar-refractivity contribution < 1.29 is 28.7 Å². The van der Waals surface area contributed by atoms with Crippen LogP contribution in [0.15, 0.2) is 78.9 Å². The van der Waals surface area contributed by atoms with E-state index < -0.39 is 18.2 Å². The van der Waals surface area contributed by atoms with Gasteiger partial charge in [0.1, 0.15) is 6.04 Å². The second-order valence-electron chi connectivity index (χ2n) is 13.9. The van der Waals surface area contributed by atoms with Gasteiger partial charge in [-0.05, 0) is 59.9 Å². The first-order chi connectivity index (χ1) is 24.4. The maximum absolute atomic E-state index is 14.6. The number of hydrogen-bond donors (Lipinski definition) is 0. The third kappa shape index (κ3) is 8.55. The van der Waals surface area contributed by atoms with Gasteiger partial charge in [-0.1, -0.05) is 105 Å². The normalized spacial score (nSPS) is 18.6. The number of hydrogen-bond acceptors (Lipinski definition) is 6. The number of para-hydroxylation sites is 1. The molecule has 9 nitrogen and oxygen atoms in total. The van der Waals surface area contributed by atoms with Gasteiger partial charge in [0.05, 0.1) is 32.4 Å². The van der Waals surface area contributed by atoms with Gasteiger partial charge in [-0.2, -0.15) is 0 Å². The predicted octanol–water partition coefficient (Wildman–Crippen LogP) is 6.50. The van der Waals surface area contributed by atoms with Crippen LogP contribution in [-0.4, -0.2) is 72.6 Å². The zero-order chi connectivity index (χ0) is 34.9. The Kier molecular flexibility index (Phi) is 11.8. The quantitative estimate of drug-likeness (QED) is 0.160. The molecule has 0 saturated heterocycles. The summed E-state index contributed by atoms with van der Waals surface area (Å²) in [4.78, 5) is 59.9. The van der Waals surface area contributed by atoms with Crippen LogP contribution in [0.2, 0.25) is 0 Å². The zero-order valence-electron chi connectivity index (χ0n) is 29.1. The summed E-state index contributed by atoms with van der Waals surface area (Å²) in [5.41, 5.74) is 4.72. The van der Waals surface area contributed by atoms with E-state index in [4.69, 9.17) is 9.47 Å². The number of esters is 1. The number of amides is 3. The lowest BCUT2D eigenvalue weighted by Gasteiger charge is -2.38. The number of nitrogens with zero attached hydrogens (tertiary/aromatic N) is 3. The molecule has 2 heterocycles. The molecule has 0 spiro atoms. The van der Waals surface area contributed by atoms with E-state index in [2.05, 4.69) is 0 Å². The van der Waals surface area contributed by atoms with Crippen molar-refractivity contribution in [3.05, 3.63) is 101 Å². The van der Waals surface area contributed by atoms with Gasteiger partial charge in [0.15, 0.2) is 0 Å². The Hall–Kier alpha value is -4.66. The highest BCUT2D eigenvalue weighted by Gasteiger charge is 2.42. The molecule has 1 aliphatic carbocycles. The maximum atomic E-state index is 14.6. The molecule has 9 heteroatoms. The van der Waals surface area contributed by atoms with E-state index in [0.29, 0.717) is 44.0 Å². The fraction of sp³-hybridized carbons (Fsp3) is 0.463. The maximum Gasteiger partial charge on any atom is 0.415 e. The molecule has 1 fully saturated rings. The minimum absolute atomic E-state index is 0.0623. The molecule has 264 valence electrons. The molecule has 0 unspecified atom stereocenters. The Morgan fingerprint density at radius 2 is 1.52 bits per heavy atom. The molecule has 3 aromatic rings. The van der Waals surface area contributed by atoms with Crippen LogP contribution in [-0.2, 0) is 49.7 Å². The lowest BCUT2D eigenvalue weighted by Crippen LogP contribution is -2.54. The number of rotatable bonds is 12. The smallest absolute Gasteiger partial charge is 0.415 e. The Labute approximate surface area is 295 Å². The van der Waals surface area contributed by atoms with Crippen molar-refractivity contribution >= 4 is 29.6 Å². The number of benzene rings is 3. The summed E-state index contributed by atoms with van der Waals surface area (Å²) in [5.74, 6) is -0.241. The predicted molar refractivity (Wildman–Crippen MR) is 191 cm³/mol. The van der Waals surface area contributed by atoms with Gasteiger partial charge in [0, 0.05) is 25.6 Å². The Morgan fingerprint density at radius 1 is 0.820 bits per heavy atom. The van der Waals surface area contributed by atoms with Gasteiger partial charge < -0.3 is 19.3 Å². The molecule has 0 aromatic heterocycles. The van der Waals surface area contributed by atoms with Crippen LogP contribution in [0.3, 0.4) is 0 Å².